The third kappa shape index (κ3) is 10.6. The highest BCUT2D eigenvalue weighted by Gasteiger charge is 2.40. The van der Waals surface area contributed by atoms with Gasteiger partial charge in [-0.25, -0.2) is 0 Å². The molecule has 190 valence electrons. The highest BCUT2D eigenvalue weighted by Crippen LogP contribution is 2.33. The van der Waals surface area contributed by atoms with Crippen molar-refractivity contribution in [2.75, 3.05) is 19.6 Å². The van der Waals surface area contributed by atoms with Crippen LogP contribution in [0.2, 0.25) is 0 Å². The predicted molar refractivity (Wildman–Crippen MR) is 148 cm³/mol. The van der Waals surface area contributed by atoms with E-state index in [-0.39, 0.29) is 22.2 Å². The molecule has 2 heterocycles. The Labute approximate surface area is 216 Å². The van der Waals surface area contributed by atoms with Gasteiger partial charge in [-0.1, -0.05) is 44.7 Å². The minimum Gasteiger partial charge on any atom is -0.314 e. The van der Waals surface area contributed by atoms with Crippen LogP contribution in [-0.4, -0.2) is 62.5 Å². The number of hydrogen-bond donors (Lipinski definition) is 3. The zero-order chi connectivity index (χ0) is 24.2. The number of rotatable bonds is 11. The summed E-state index contributed by atoms with van der Waals surface area (Å²) in [6.45, 7) is 22.2. The fourth-order valence-corrected chi connectivity index (χ4v) is 7.44. The van der Waals surface area contributed by atoms with Gasteiger partial charge < -0.3 is 16.0 Å². The van der Waals surface area contributed by atoms with Gasteiger partial charge in [-0.05, 0) is 107 Å². The molecule has 0 aliphatic carbocycles. The van der Waals surface area contributed by atoms with Gasteiger partial charge in [0, 0.05) is 40.8 Å². The number of nitrogens with one attached hydrogen (secondary N) is 3. The van der Waals surface area contributed by atoms with Gasteiger partial charge in [0.15, 0.2) is 0 Å². The van der Waals surface area contributed by atoms with Crippen molar-refractivity contribution < 1.29 is 0 Å². The molecule has 2 rings (SSSR count). The van der Waals surface area contributed by atoms with E-state index < -0.39 is 0 Å². The van der Waals surface area contributed by atoms with Crippen LogP contribution in [0, 0.1) is 0 Å². The van der Waals surface area contributed by atoms with Crippen LogP contribution in [-0.2, 0) is 0 Å². The summed E-state index contributed by atoms with van der Waals surface area (Å²) in [6.07, 6.45) is 10.1. The van der Waals surface area contributed by atoms with Crippen molar-refractivity contribution >= 4 is 31.9 Å². The van der Waals surface area contributed by atoms with Crippen molar-refractivity contribution in [2.24, 2.45) is 0 Å². The number of hydrogen-bond acceptors (Lipinski definition) is 4. The van der Waals surface area contributed by atoms with Gasteiger partial charge in [0.05, 0.1) is 3.74 Å². The standard InChI is InChI=1S/C26H52Br2N4/c1-23(2)15-20(16-24(3,4)30-23)29-13-11-9-10-12-14-32(19-22(27)28)21-17-25(5,6)31-26(7,8)18-21/h20-22,29-31H,9-19H2,1-8H3. The first-order chi connectivity index (χ1) is 14.6. The fourth-order valence-electron chi connectivity index (χ4n) is 6.69. The predicted octanol–water partition coefficient (Wildman–Crippen LogP) is 6.17. The molecular weight excluding hydrogens is 528 g/mol. The lowest BCUT2D eigenvalue weighted by Gasteiger charge is -2.50. The minimum atomic E-state index is 0.197. The van der Waals surface area contributed by atoms with Crippen molar-refractivity contribution in [2.45, 2.75) is 145 Å². The zero-order valence-electron chi connectivity index (χ0n) is 22.2. The number of halogens is 2. The lowest BCUT2D eigenvalue weighted by molar-refractivity contribution is 0.0681. The summed E-state index contributed by atoms with van der Waals surface area (Å²) >= 11 is 7.48. The molecule has 0 saturated carbocycles. The van der Waals surface area contributed by atoms with Crippen LogP contribution < -0.4 is 16.0 Å². The largest absolute Gasteiger partial charge is 0.314 e. The van der Waals surface area contributed by atoms with Crippen LogP contribution in [0.15, 0.2) is 0 Å². The Morgan fingerprint density at radius 3 is 1.72 bits per heavy atom. The van der Waals surface area contributed by atoms with E-state index in [1.54, 1.807) is 0 Å². The molecule has 0 amide bonds. The van der Waals surface area contributed by atoms with E-state index in [2.05, 4.69) is 108 Å². The normalized spacial score (nSPS) is 25.5. The van der Waals surface area contributed by atoms with Gasteiger partial charge >= 0.3 is 0 Å². The van der Waals surface area contributed by atoms with E-state index in [0.29, 0.717) is 15.8 Å². The summed E-state index contributed by atoms with van der Waals surface area (Å²) in [7, 11) is 0. The Morgan fingerprint density at radius 1 is 0.750 bits per heavy atom. The summed E-state index contributed by atoms with van der Waals surface area (Å²) < 4.78 is 0.360. The lowest BCUT2D eigenvalue weighted by atomic mass is 9.79. The van der Waals surface area contributed by atoms with Gasteiger partial charge in [0.2, 0.25) is 0 Å². The Bertz CT molecular complexity index is 542. The maximum absolute atomic E-state index is 3.86. The highest BCUT2D eigenvalue weighted by atomic mass is 79.9. The number of nitrogens with zero attached hydrogens (tertiary/aromatic N) is 1. The molecule has 6 heteroatoms. The summed E-state index contributed by atoms with van der Waals surface area (Å²) in [6, 6.07) is 1.28. The van der Waals surface area contributed by atoms with E-state index in [1.807, 2.05) is 0 Å². The quantitative estimate of drug-likeness (QED) is 0.202. The lowest BCUT2D eigenvalue weighted by Crippen LogP contribution is -2.62. The zero-order valence-corrected chi connectivity index (χ0v) is 25.4. The van der Waals surface area contributed by atoms with E-state index in [9.17, 15) is 0 Å². The molecule has 32 heavy (non-hydrogen) atoms. The third-order valence-corrected chi connectivity index (χ3v) is 7.63. The second-order valence-corrected chi connectivity index (χ2v) is 16.6. The molecule has 0 bridgehead atoms. The molecule has 0 aromatic carbocycles. The maximum atomic E-state index is 3.86. The Morgan fingerprint density at radius 2 is 1.22 bits per heavy atom. The Balaban J connectivity index is 1.71. The fraction of sp³-hybridized carbons (Fsp3) is 1.00. The maximum Gasteiger partial charge on any atom is 0.0824 e. The smallest absolute Gasteiger partial charge is 0.0824 e. The first-order valence-electron chi connectivity index (χ1n) is 12.9. The number of unbranched alkanes of at least 4 members (excludes halogenated alkanes) is 3. The highest BCUT2D eigenvalue weighted by molar-refractivity contribution is 9.24. The third-order valence-electron chi connectivity index (χ3n) is 7.05. The van der Waals surface area contributed by atoms with E-state index >= 15 is 0 Å². The molecule has 2 aliphatic heterocycles. The molecule has 2 saturated heterocycles. The molecular formula is C26H52Br2N4. The molecule has 0 aromatic heterocycles. The van der Waals surface area contributed by atoms with Gasteiger partial charge in [-0.15, -0.1) is 0 Å². The van der Waals surface area contributed by atoms with Crippen molar-refractivity contribution in [3.05, 3.63) is 0 Å². The van der Waals surface area contributed by atoms with Crippen molar-refractivity contribution in [3.8, 4) is 0 Å². The first kappa shape index (κ1) is 29.0. The molecule has 0 aromatic rings. The van der Waals surface area contributed by atoms with E-state index in [0.717, 1.165) is 13.1 Å². The van der Waals surface area contributed by atoms with Gasteiger partial charge in [-0.2, -0.15) is 0 Å². The van der Waals surface area contributed by atoms with Crippen LogP contribution in [0.4, 0.5) is 0 Å². The molecule has 0 spiro atoms. The average Bonchev–Trinajstić information content (AvgIpc) is 2.54. The van der Waals surface area contributed by atoms with Crippen LogP contribution in [0.25, 0.3) is 0 Å². The Hall–Kier alpha value is 0.800. The number of alkyl halides is 2. The van der Waals surface area contributed by atoms with Gasteiger partial charge in [-0.3, -0.25) is 4.90 Å². The van der Waals surface area contributed by atoms with Crippen molar-refractivity contribution in [3.63, 3.8) is 0 Å². The minimum absolute atomic E-state index is 0.197. The Kier molecular flexibility index (Phi) is 10.6. The first-order valence-corrected chi connectivity index (χ1v) is 14.8. The average molecular weight is 581 g/mol. The SMILES string of the molecule is CC1(C)CC(NCCCCCCN(CC(Br)Br)C2CC(C)(C)NC(C)(C)C2)CC(C)(C)N1. The number of piperidine rings is 2. The van der Waals surface area contributed by atoms with Crippen LogP contribution in [0.5, 0.6) is 0 Å². The molecule has 2 aliphatic rings. The molecule has 2 fully saturated rings. The second-order valence-electron chi connectivity index (χ2n) is 13.2. The molecule has 0 unspecified atom stereocenters. The van der Waals surface area contributed by atoms with Crippen LogP contribution in [0.1, 0.15) is 107 Å². The molecule has 3 N–H and O–H groups in total. The van der Waals surface area contributed by atoms with Crippen LogP contribution in [0.3, 0.4) is 0 Å². The summed E-state index contributed by atoms with van der Waals surface area (Å²) in [5, 5.41) is 11.5. The topological polar surface area (TPSA) is 39.3 Å². The molecule has 0 radical (unpaired) electrons. The van der Waals surface area contributed by atoms with Crippen molar-refractivity contribution in [1.82, 2.24) is 20.9 Å². The summed E-state index contributed by atoms with van der Waals surface area (Å²) in [5.41, 5.74) is 0.844. The summed E-state index contributed by atoms with van der Waals surface area (Å²) in [4.78, 5) is 2.73. The molecule has 0 atom stereocenters. The monoisotopic (exact) mass is 578 g/mol. The molecule has 4 nitrogen and oxygen atoms in total. The van der Waals surface area contributed by atoms with E-state index in [4.69, 9.17) is 0 Å². The van der Waals surface area contributed by atoms with Gasteiger partial charge in [0.1, 0.15) is 0 Å². The second kappa shape index (κ2) is 11.7. The van der Waals surface area contributed by atoms with Gasteiger partial charge in [0.25, 0.3) is 0 Å². The van der Waals surface area contributed by atoms with E-state index in [1.165, 1.54) is 57.9 Å². The van der Waals surface area contributed by atoms with Crippen LogP contribution >= 0.6 is 31.9 Å². The van der Waals surface area contributed by atoms with Crippen molar-refractivity contribution in [1.29, 1.82) is 0 Å². The summed E-state index contributed by atoms with van der Waals surface area (Å²) in [5.74, 6) is 0.